The molecule has 118 valence electrons. The second-order valence-electron chi connectivity index (χ2n) is 5.13. The molecule has 0 amide bonds. The third-order valence-corrected chi connectivity index (χ3v) is 6.75. The van der Waals surface area contributed by atoms with Gasteiger partial charge in [-0.2, -0.15) is 0 Å². The van der Waals surface area contributed by atoms with Crippen LogP contribution in [0, 0.1) is 0 Å². The summed E-state index contributed by atoms with van der Waals surface area (Å²) in [4.78, 5) is 15.6. The van der Waals surface area contributed by atoms with Crippen molar-refractivity contribution in [2.75, 3.05) is 0 Å². The van der Waals surface area contributed by atoms with E-state index in [1.165, 1.54) is 11.3 Å². The average molecular weight is 344 g/mol. The van der Waals surface area contributed by atoms with Crippen molar-refractivity contribution >= 4 is 24.0 Å². The SMILES string of the molecule is O=P(O)(c1ccccc1)C(NCc1ccccc1)c1cncs1. The van der Waals surface area contributed by atoms with E-state index >= 15 is 0 Å². The van der Waals surface area contributed by atoms with Crippen LogP contribution in [0.5, 0.6) is 0 Å². The first-order chi connectivity index (χ1) is 11.2. The molecule has 0 spiro atoms. The van der Waals surface area contributed by atoms with Gasteiger partial charge in [-0.25, -0.2) is 0 Å². The summed E-state index contributed by atoms with van der Waals surface area (Å²) in [6, 6.07) is 18.6. The standard InChI is InChI=1S/C17H17N2O2PS/c20-22(21,15-9-5-2-6-10-15)17(16-12-18-13-23-16)19-11-14-7-3-1-4-8-14/h1-10,12-13,17,19H,11H2,(H,20,21). The third kappa shape index (κ3) is 3.77. The zero-order chi connectivity index (χ0) is 16.1. The number of hydrogen-bond acceptors (Lipinski definition) is 4. The summed E-state index contributed by atoms with van der Waals surface area (Å²) < 4.78 is 13.1. The van der Waals surface area contributed by atoms with Crippen molar-refractivity contribution in [1.82, 2.24) is 10.3 Å². The van der Waals surface area contributed by atoms with Crippen molar-refractivity contribution in [3.63, 3.8) is 0 Å². The first-order valence-corrected chi connectivity index (χ1v) is 9.82. The molecule has 1 heterocycles. The zero-order valence-corrected chi connectivity index (χ0v) is 14.1. The monoisotopic (exact) mass is 344 g/mol. The number of thiazole rings is 1. The lowest BCUT2D eigenvalue weighted by molar-refractivity contribution is 0.461. The van der Waals surface area contributed by atoms with Crippen LogP contribution in [0.1, 0.15) is 16.2 Å². The molecule has 2 aromatic carbocycles. The first-order valence-electron chi connectivity index (χ1n) is 7.22. The molecule has 0 saturated heterocycles. The van der Waals surface area contributed by atoms with E-state index in [9.17, 15) is 9.46 Å². The van der Waals surface area contributed by atoms with Gasteiger partial charge in [0.2, 0.25) is 0 Å². The summed E-state index contributed by atoms with van der Waals surface area (Å²) in [5, 5.41) is 3.68. The van der Waals surface area contributed by atoms with Crippen molar-refractivity contribution in [2.45, 2.75) is 12.3 Å². The molecule has 2 N–H and O–H groups in total. The van der Waals surface area contributed by atoms with Crippen molar-refractivity contribution in [2.24, 2.45) is 0 Å². The maximum Gasteiger partial charge on any atom is 0.251 e. The van der Waals surface area contributed by atoms with Gasteiger partial charge in [-0.05, 0) is 17.7 Å². The number of aromatic nitrogens is 1. The Kier molecular flexibility index (Phi) is 5.03. The van der Waals surface area contributed by atoms with Crippen LogP contribution in [-0.2, 0) is 11.1 Å². The van der Waals surface area contributed by atoms with E-state index in [1.54, 1.807) is 36.0 Å². The second kappa shape index (κ2) is 7.20. The number of rotatable bonds is 6. The Bertz CT molecular complexity index is 779. The van der Waals surface area contributed by atoms with Crippen LogP contribution >= 0.6 is 18.7 Å². The topological polar surface area (TPSA) is 62.2 Å². The van der Waals surface area contributed by atoms with E-state index in [1.807, 2.05) is 36.4 Å². The highest BCUT2D eigenvalue weighted by Gasteiger charge is 2.34. The van der Waals surface area contributed by atoms with Crippen LogP contribution in [0.4, 0.5) is 0 Å². The van der Waals surface area contributed by atoms with E-state index in [2.05, 4.69) is 10.3 Å². The van der Waals surface area contributed by atoms with E-state index in [0.717, 1.165) is 10.4 Å². The van der Waals surface area contributed by atoms with E-state index in [-0.39, 0.29) is 0 Å². The minimum atomic E-state index is -3.62. The molecule has 2 unspecified atom stereocenters. The maximum atomic E-state index is 13.1. The van der Waals surface area contributed by atoms with E-state index in [0.29, 0.717) is 11.8 Å². The smallest absolute Gasteiger partial charge is 0.251 e. The normalized spacial score (nSPS) is 15.0. The fourth-order valence-corrected chi connectivity index (χ4v) is 5.19. The van der Waals surface area contributed by atoms with Crippen LogP contribution in [0.25, 0.3) is 0 Å². The number of benzene rings is 2. The molecule has 2 atom stereocenters. The van der Waals surface area contributed by atoms with Gasteiger partial charge in [0.1, 0.15) is 5.78 Å². The molecule has 0 saturated carbocycles. The summed E-state index contributed by atoms with van der Waals surface area (Å²) in [5.74, 6) is -0.669. The Labute approximate surface area is 139 Å². The highest BCUT2D eigenvalue weighted by Crippen LogP contribution is 2.53. The lowest BCUT2D eigenvalue weighted by Crippen LogP contribution is -2.24. The van der Waals surface area contributed by atoms with Gasteiger partial charge in [-0.15, -0.1) is 11.3 Å². The molecule has 0 aliphatic rings. The summed E-state index contributed by atoms with van der Waals surface area (Å²) in [7, 11) is -3.62. The predicted molar refractivity (Wildman–Crippen MR) is 94.0 cm³/mol. The summed E-state index contributed by atoms with van der Waals surface area (Å²) in [6.07, 6.45) is 1.65. The van der Waals surface area contributed by atoms with Crippen LogP contribution in [0.3, 0.4) is 0 Å². The van der Waals surface area contributed by atoms with Crippen molar-refractivity contribution in [3.8, 4) is 0 Å². The van der Waals surface area contributed by atoms with Gasteiger partial charge in [0.25, 0.3) is 7.37 Å². The highest BCUT2D eigenvalue weighted by molar-refractivity contribution is 7.66. The van der Waals surface area contributed by atoms with Gasteiger partial charge < -0.3 is 4.89 Å². The highest BCUT2D eigenvalue weighted by atomic mass is 32.1. The van der Waals surface area contributed by atoms with Crippen LogP contribution < -0.4 is 10.6 Å². The summed E-state index contributed by atoms with van der Waals surface area (Å²) in [5.41, 5.74) is 2.74. The van der Waals surface area contributed by atoms with Gasteiger partial charge in [0, 0.05) is 18.0 Å². The van der Waals surface area contributed by atoms with Crippen molar-refractivity contribution in [1.29, 1.82) is 0 Å². The van der Waals surface area contributed by atoms with E-state index < -0.39 is 13.2 Å². The minimum Gasteiger partial charge on any atom is -0.340 e. The Morgan fingerprint density at radius 1 is 1.09 bits per heavy atom. The number of hydrogen-bond donors (Lipinski definition) is 2. The predicted octanol–water partition coefficient (Wildman–Crippen LogP) is 3.53. The van der Waals surface area contributed by atoms with Gasteiger partial charge >= 0.3 is 0 Å². The van der Waals surface area contributed by atoms with Gasteiger partial charge in [-0.1, -0.05) is 48.5 Å². The molecule has 23 heavy (non-hydrogen) atoms. The molecule has 6 heteroatoms. The second-order valence-corrected chi connectivity index (χ2v) is 8.33. The molecule has 0 aliphatic heterocycles. The van der Waals surface area contributed by atoms with Gasteiger partial charge in [0.15, 0.2) is 0 Å². The summed E-state index contributed by atoms with van der Waals surface area (Å²) >= 11 is 1.38. The molecule has 0 radical (unpaired) electrons. The largest absolute Gasteiger partial charge is 0.340 e. The van der Waals surface area contributed by atoms with Crippen molar-refractivity contribution in [3.05, 3.63) is 82.8 Å². The number of nitrogens with zero attached hydrogens (tertiary/aromatic N) is 1. The Morgan fingerprint density at radius 3 is 2.35 bits per heavy atom. The van der Waals surface area contributed by atoms with Crippen LogP contribution in [0.2, 0.25) is 0 Å². The maximum absolute atomic E-state index is 13.1. The lowest BCUT2D eigenvalue weighted by atomic mass is 10.2. The minimum absolute atomic E-state index is 0.443. The Morgan fingerprint density at radius 2 is 1.74 bits per heavy atom. The molecule has 1 aromatic heterocycles. The Balaban J connectivity index is 1.89. The number of nitrogens with one attached hydrogen (secondary N) is 1. The molecule has 3 rings (SSSR count). The van der Waals surface area contributed by atoms with Crippen LogP contribution in [0.15, 0.2) is 72.4 Å². The van der Waals surface area contributed by atoms with Crippen LogP contribution in [-0.4, -0.2) is 9.88 Å². The fourth-order valence-electron chi connectivity index (χ4n) is 2.36. The average Bonchev–Trinajstić information content (AvgIpc) is 3.11. The quantitative estimate of drug-likeness (QED) is 0.672. The molecular formula is C17H17N2O2PS. The Hall–Kier alpha value is -1.78. The summed E-state index contributed by atoms with van der Waals surface area (Å²) in [6.45, 7) is 0.515. The molecule has 4 nitrogen and oxygen atoms in total. The third-order valence-electron chi connectivity index (χ3n) is 3.54. The zero-order valence-electron chi connectivity index (χ0n) is 12.4. The lowest BCUT2D eigenvalue weighted by Gasteiger charge is -2.23. The molecule has 3 aromatic rings. The molecular weight excluding hydrogens is 327 g/mol. The fraction of sp³-hybridized carbons (Fsp3) is 0.118. The van der Waals surface area contributed by atoms with Crippen molar-refractivity contribution < 1.29 is 9.46 Å². The first kappa shape index (κ1) is 16.1. The van der Waals surface area contributed by atoms with Gasteiger partial charge in [-0.3, -0.25) is 14.9 Å². The molecule has 0 aliphatic carbocycles. The molecule has 0 bridgehead atoms. The van der Waals surface area contributed by atoms with E-state index in [4.69, 9.17) is 0 Å². The van der Waals surface area contributed by atoms with Gasteiger partial charge in [0.05, 0.1) is 10.4 Å². The molecule has 0 fully saturated rings.